The molecule has 0 aliphatic heterocycles. The van der Waals surface area contributed by atoms with Crippen LogP contribution in [0.4, 0.5) is 0 Å². The van der Waals surface area contributed by atoms with Crippen LogP contribution >= 0.6 is 0 Å². The lowest BCUT2D eigenvalue weighted by molar-refractivity contribution is -0.128. The molecule has 0 spiro atoms. The van der Waals surface area contributed by atoms with Gasteiger partial charge >= 0.3 is 0 Å². The zero-order chi connectivity index (χ0) is 19.8. The first-order chi connectivity index (χ1) is 12.9. The van der Waals surface area contributed by atoms with Crippen molar-refractivity contribution in [3.63, 3.8) is 0 Å². The van der Waals surface area contributed by atoms with E-state index in [4.69, 9.17) is 14.2 Å². The highest BCUT2D eigenvalue weighted by atomic mass is 16.5. The van der Waals surface area contributed by atoms with Crippen molar-refractivity contribution in [2.45, 2.75) is 39.3 Å². The number of carbonyl (C=O) groups excluding carboxylic acids is 1. The Labute approximate surface area is 161 Å². The highest BCUT2D eigenvalue weighted by Gasteiger charge is 2.21. The average molecular weight is 371 g/mol. The van der Waals surface area contributed by atoms with Crippen molar-refractivity contribution in [3.05, 3.63) is 54.1 Å². The van der Waals surface area contributed by atoms with Gasteiger partial charge in [-0.3, -0.25) is 4.79 Å². The SMILES string of the molecule is COc1ccc([C@H](CC(C)C)NC(=O)[C@H](C)Oc2cccc(OC)c2)cc1. The minimum absolute atomic E-state index is 0.0836. The molecule has 0 fully saturated rings. The summed E-state index contributed by atoms with van der Waals surface area (Å²) in [6, 6.07) is 14.9. The molecule has 0 saturated heterocycles. The molecule has 0 aliphatic carbocycles. The fourth-order valence-electron chi connectivity index (χ4n) is 2.81. The second-order valence-corrected chi connectivity index (χ2v) is 6.90. The van der Waals surface area contributed by atoms with E-state index in [2.05, 4.69) is 19.2 Å². The molecule has 1 N–H and O–H groups in total. The topological polar surface area (TPSA) is 56.8 Å². The first-order valence-electron chi connectivity index (χ1n) is 9.18. The van der Waals surface area contributed by atoms with Crippen molar-refractivity contribution in [1.82, 2.24) is 5.32 Å². The maximum absolute atomic E-state index is 12.7. The van der Waals surface area contributed by atoms with Crippen LogP contribution in [0.15, 0.2) is 48.5 Å². The van der Waals surface area contributed by atoms with Gasteiger partial charge in [0.2, 0.25) is 0 Å². The molecule has 0 heterocycles. The molecule has 5 heteroatoms. The second-order valence-electron chi connectivity index (χ2n) is 6.90. The molecular formula is C22H29NO4. The van der Waals surface area contributed by atoms with E-state index < -0.39 is 6.10 Å². The van der Waals surface area contributed by atoms with Gasteiger partial charge in [0, 0.05) is 6.07 Å². The summed E-state index contributed by atoms with van der Waals surface area (Å²) in [6.45, 7) is 6.02. The Kier molecular flexibility index (Phi) is 7.53. The van der Waals surface area contributed by atoms with Crippen molar-refractivity contribution in [2.24, 2.45) is 5.92 Å². The lowest BCUT2D eigenvalue weighted by Crippen LogP contribution is -2.39. The molecular weight excluding hydrogens is 342 g/mol. The van der Waals surface area contributed by atoms with E-state index >= 15 is 0 Å². The molecule has 27 heavy (non-hydrogen) atoms. The highest BCUT2D eigenvalue weighted by molar-refractivity contribution is 5.81. The van der Waals surface area contributed by atoms with Gasteiger partial charge in [0.1, 0.15) is 17.2 Å². The van der Waals surface area contributed by atoms with E-state index in [1.807, 2.05) is 36.4 Å². The van der Waals surface area contributed by atoms with Crippen molar-refractivity contribution in [2.75, 3.05) is 14.2 Å². The molecule has 0 bridgehead atoms. The molecule has 2 rings (SSSR count). The number of rotatable bonds is 9. The first kappa shape index (κ1) is 20.6. The van der Waals surface area contributed by atoms with E-state index in [1.54, 1.807) is 33.3 Å². The Hall–Kier alpha value is -2.69. The first-order valence-corrected chi connectivity index (χ1v) is 9.18. The Bertz CT molecular complexity index is 727. The minimum Gasteiger partial charge on any atom is -0.497 e. The van der Waals surface area contributed by atoms with Crippen LogP contribution in [0, 0.1) is 5.92 Å². The van der Waals surface area contributed by atoms with E-state index in [9.17, 15) is 4.79 Å². The van der Waals surface area contributed by atoms with Crippen LogP contribution in [-0.4, -0.2) is 26.2 Å². The molecule has 0 aromatic heterocycles. The van der Waals surface area contributed by atoms with Crippen LogP contribution in [-0.2, 0) is 4.79 Å². The molecule has 2 aromatic rings. The summed E-state index contributed by atoms with van der Waals surface area (Å²) in [6.07, 6.45) is 0.217. The number of ether oxygens (including phenoxy) is 3. The molecule has 2 aromatic carbocycles. The Morgan fingerprint density at radius 3 is 2.15 bits per heavy atom. The molecule has 5 nitrogen and oxygen atoms in total. The molecule has 0 radical (unpaired) electrons. The quantitative estimate of drug-likeness (QED) is 0.711. The van der Waals surface area contributed by atoms with Crippen LogP contribution in [0.25, 0.3) is 0 Å². The molecule has 0 unspecified atom stereocenters. The van der Waals surface area contributed by atoms with Crippen LogP contribution in [0.1, 0.15) is 38.8 Å². The van der Waals surface area contributed by atoms with Crippen molar-refractivity contribution >= 4 is 5.91 Å². The lowest BCUT2D eigenvalue weighted by atomic mass is 9.96. The van der Waals surface area contributed by atoms with E-state index in [-0.39, 0.29) is 11.9 Å². The predicted molar refractivity (Wildman–Crippen MR) is 106 cm³/mol. The van der Waals surface area contributed by atoms with Crippen LogP contribution in [0.2, 0.25) is 0 Å². The van der Waals surface area contributed by atoms with Gasteiger partial charge in [0.25, 0.3) is 5.91 Å². The van der Waals surface area contributed by atoms with Gasteiger partial charge in [-0.15, -0.1) is 0 Å². The summed E-state index contributed by atoms with van der Waals surface area (Å²) >= 11 is 0. The third-order valence-electron chi connectivity index (χ3n) is 4.27. The number of hydrogen-bond acceptors (Lipinski definition) is 4. The van der Waals surface area contributed by atoms with Gasteiger partial charge in [-0.05, 0) is 49.1 Å². The molecule has 0 aliphatic rings. The van der Waals surface area contributed by atoms with Crippen LogP contribution in [0.5, 0.6) is 17.2 Å². The summed E-state index contributed by atoms with van der Waals surface area (Å²) in [4.78, 5) is 12.7. The summed E-state index contributed by atoms with van der Waals surface area (Å²) in [5, 5.41) is 3.11. The number of hydrogen-bond donors (Lipinski definition) is 1. The van der Waals surface area contributed by atoms with Gasteiger partial charge in [-0.25, -0.2) is 0 Å². The average Bonchev–Trinajstić information content (AvgIpc) is 2.67. The fraction of sp³-hybridized carbons (Fsp3) is 0.409. The molecule has 0 saturated carbocycles. The van der Waals surface area contributed by atoms with Crippen molar-refractivity contribution < 1.29 is 19.0 Å². The predicted octanol–water partition coefficient (Wildman–Crippen LogP) is 4.37. The Morgan fingerprint density at radius 1 is 0.926 bits per heavy atom. The number of amides is 1. The number of nitrogens with one attached hydrogen (secondary N) is 1. The standard InChI is InChI=1S/C22H29NO4/c1-15(2)13-21(17-9-11-18(25-4)12-10-17)23-22(24)16(3)27-20-8-6-7-19(14-20)26-5/h6-12,14-16,21H,13H2,1-5H3,(H,23,24)/t16-,21-/m0/s1. The number of methoxy groups -OCH3 is 2. The summed E-state index contributed by atoms with van der Waals surface area (Å²) in [5.41, 5.74) is 1.05. The van der Waals surface area contributed by atoms with Gasteiger partial charge in [-0.2, -0.15) is 0 Å². The zero-order valence-corrected chi connectivity index (χ0v) is 16.7. The summed E-state index contributed by atoms with van der Waals surface area (Å²) in [5.74, 6) is 2.37. The van der Waals surface area contributed by atoms with Gasteiger partial charge in [0.15, 0.2) is 6.10 Å². The molecule has 1 amide bonds. The normalized spacial score (nSPS) is 13.0. The summed E-state index contributed by atoms with van der Waals surface area (Å²) < 4.78 is 16.2. The molecule has 146 valence electrons. The fourth-order valence-corrected chi connectivity index (χ4v) is 2.81. The second kappa shape index (κ2) is 9.86. The number of benzene rings is 2. The van der Waals surface area contributed by atoms with Gasteiger partial charge < -0.3 is 19.5 Å². The third kappa shape index (κ3) is 6.20. The Morgan fingerprint density at radius 2 is 1.56 bits per heavy atom. The van der Waals surface area contributed by atoms with Gasteiger partial charge in [-0.1, -0.05) is 32.0 Å². The maximum Gasteiger partial charge on any atom is 0.261 e. The third-order valence-corrected chi connectivity index (χ3v) is 4.27. The smallest absolute Gasteiger partial charge is 0.261 e. The van der Waals surface area contributed by atoms with E-state index in [0.29, 0.717) is 17.4 Å². The van der Waals surface area contributed by atoms with Crippen molar-refractivity contribution in [3.8, 4) is 17.2 Å². The zero-order valence-electron chi connectivity index (χ0n) is 16.7. The maximum atomic E-state index is 12.7. The lowest BCUT2D eigenvalue weighted by Gasteiger charge is -2.24. The van der Waals surface area contributed by atoms with Crippen molar-refractivity contribution in [1.29, 1.82) is 0 Å². The minimum atomic E-state index is -0.620. The number of carbonyl (C=O) groups is 1. The van der Waals surface area contributed by atoms with Crippen LogP contribution in [0.3, 0.4) is 0 Å². The van der Waals surface area contributed by atoms with E-state index in [0.717, 1.165) is 17.7 Å². The van der Waals surface area contributed by atoms with E-state index in [1.165, 1.54) is 0 Å². The summed E-state index contributed by atoms with van der Waals surface area (Å²) in [7, 11) is 3.24. The monoisotopic (exact) mass is 371 g/mol. The van der Waals surface area contributed by atoms with Crippen LogP contribution < -0.4 is 19.5 Å². The highest BCUT2D eigenvalue weighted by Crippen LogP contribution is 2.24. The Balaban J connectivity index is 2.06. The molecule has 2 atom stereocenters. The van der Waals surface area contributed by atoms with Gasteiger partial charge in [0.05, 0.1) is 20.3 Å². The largest absolute Gasteiger partial charge is 0.497 e.